The second-order valence-corrected chi connectivity index (χ2v) is 5.13. The maximum atomic E-state index is 13.0. The van der Waals surface area contributed by atoms with Crippen LogP contribution in [0.5, 0.6) is 0 Å². The Morgan fingerprint density at radius 2 is 2.21 bits per heavy atom. The van der Waals surface area contributed by atoms with E-state index in [1.807, 2.05) is 13.0 Å². The molecule has 0 radical (unpaired) electrons. The van der Waals surface area contributed by atoms with Crippen LogP contribution in [0.25, 0.3) is 0 Å². The number of benzene rings is 1. The molecule has 0 saturated heterocycles. The van der Waals surface area contributed by atoms with Gasteiger partial charge in [0, 0.05) is 10.6 Å². The molecule has 6 heteroatoms. The normalized spacial score (nSPS) is 9.95. The summed E-state index contributed by atoms with van der Waals surface area (Å²) in [5.74, 6) is -0.890. The first kappa shape index (κ1) is 13.1. The molecule has 0 aliphatic carbocycles. The smallest absolute Gasteiger partial charge is 0.265 e. The van der Waals surface area contributed by atoms with Gasteiger partial charge in [-0.2, -0.15) is 5.26 Å². The number of anilines is 2. The standard InChI is InChI=1S/C13H10FN3OS/c1-7-10(16)5-12(19-7)13(18)17-11-3-2-9(14)4-8(11)6-15/h2-5H,16H2,1H3,(H,17,18). The Kier molecular flexibility index (Phi) is 3.49. The van der Waals surface area contributed by atoms with Gasteiger partial charge in [-0.3, -0.25) is 4.79 Å². The molecule has 0 unspecified atom stereocenters. The number of nitrogens with zero attached hydrogens (tertiary/aromatic N) is 1. The van der Waals surface area contributed by atoms with E-state index in [1.54, 1.807) is 6.07 Å². The Morgan fingerprint density at radius 1 is 1.47 bits per heavy atom. The molecule has 19 heavy (non-hydrogen) atoms. The van der Waals surface area contributed by atoms with Crippen LogP contribution in [0.1, 0.15) is 20.1 Å². The minimum Gasteiger partial charge on any atom is -0.398 e. The van der Waals surface area contributed by atoms with Crippen LogP contribution in [0, 0.1) is 24.1 Å². The number of hydrogen-bond donors (Lipinski definition) is 2. The van der Waals surface area contributed by atoms with Crippen molar-refractivity contribution in [3.8, 4) is 6.07 Å². The number of thiophene rings is 1. The van der Waals surface area contributed by atoms with Gasteiger partial charge in [0.1, 0.15) is 11.9 Å². The summed E-state index contributed by atoms with van der Waals surface area (Å²) in [6, 6.07) is 7.02. The molecule has 0 aliphatic heterocycles. The van der Waals surface area contributed by atoms with E-state index in [0.29, 0.717) is 10.6 Å². The number of amides is 1. The van der Waals surface area contributed by atoms with Crippen molar-refractivity contribution in [3.63, 3.8) is 0 Å². The summed E-state index contributed by atoms with van der Waals surface area (Å²) in [4.78, 5) is 13.3. The number of carbonyl (C=O) groups excluding carboxylic acids is 1. The van der Waals surface area contributed by atoms with E-state index in [0.717, 1.165) is 10.9 Å². The highest BCUT2D eigenvalue weighted by Gasteiger charge is 2.13. The second-order valence-electron chi connectivity index (χ2n) is 3.88. The van der Waals surface area contributed by atoms with E-state index in [9.17, 15) is 9.18 Å². The summed E-state index contributed by atoms with van der Waals surface area (Å²) >= 11 is 1.26. The number of nitrogen functional groups attached to an aromatic ring is 1. The van der Waals surface area contributed by atoms with Crippen molar-refractivity contribution in [2.24, 2.45) is 0 Å². The van der Waals surface area contributed by atoms with E-state index in [2.05, 4.69) is 5.32 Å². The molecule has 0 spiro atoms. The molecule has 1 amide bonds. The fourth-order valence-electron chi connectivity index (χ4n) is 1.51. The number of rotatable bonds is 2. The molecule has 4 nitrogen and oxygen atoms in total. The van der Waals surface area contributed by atoms with Crippen molar-refractivity contribution in [2.45, 2.75) is 6.92 Å². The fraction of sp³-hybridized carbons (Fsp3) is 0.0769. The molecule has 2 rings (SSSR count). The number of aryl methyl sites for hydroxylation is 1. The van der Waals surface area contributed by atoms with Crippen molar-refractivity contribution >= 4 is 28.6 Å². The van der Waals surface area contributed by atoms with Gasteiger partial charge in [-0.15, -0.1) is 11.3 Å². The molecular weight excluding hydrogens is 265 g/mol. The third-order valence-corrected chi connectivity index (χ3v) is 3.60. The lowest BCUT2D eigenvalue weighted by molar-refractivity contribution is 0.103. The summed E-state index contributed by atoms with van der Waals surface area (Å²) in [7, 11) is 0. The minimum atomic E-state index is -0.522. The average Bonchev–Trinajstić information content (AvgIpc) is 2.72. The molecule has 0 fully saturated rings. The van der Waals surface area contributed by atoms with Crippen LogP contribution in [0.2, 0.25) is 0 Å². The maximum Gasteiger partial charge on any atom is 0.265 e. The molecule has 2 aromatic rings. The summed E-state index contributed by atoms with van der Waals surface area (Å²) in [6.45, 7) is 1.81. The minimum absolute atomic E-state index is 0.0783. The highest BCUT2D eigenvalue weighted by atomic mass is 32.1. The monoisotopic (exact) mass is 275 g/mol. The first-order valence-corrected chi connectivity index (χ1v) is 6.20. The predicted molar refractivity (Wildman–Crippen MR) is 72.5 cm³/mol. The number of nitrogens with two attached hydrogens (primary N) is 1. The Bertz CT molecular complexity index is 668. The van der Waals surface area contributed by atoms with Gasteiger partial charge in [0.05, 0.1) is 16.1 Å². The van der Waals surface area contributed by atoms with Crippen molar-refractivity contribution in [1.29, 1.82) is 5.26 Å². The van der Waals surface area contributed by atoms with Gasteiger partial charge in [-0.25, -0.2) is 4.39 Å². The highest BCUT2D eigenvalue weighted by Crippen LogP contribution is 2.25. The van der Waals surface area contributed by atoms with Crippen LogP contribution >= 0.6 is 11.3 Å². The molecule has 0 saturated carbocycles. The SMILES string of the molecule is Cc1sc(C(=O)Nc2ccc(F)cc2C#N)cc1N. The Labute approximate surface area is 113 Å². The van der Waals surface area contributed by atoms with Gasteiger partial charge >= 0.3 is 0 Å². The molecule has 1 heterocycles. The van der Waals surface area contributed by atoms with Crippen molar-refractivity contribution < 1.29 is 9.18 Å². The van der Waals surface area contributed by atoms with E-state index in [1.165, 1.54) is 23.5 Å². The molecule has 1 aromatic carbocycles. The number of nitrogens with one attached hydrogen (secondary N) is 1. The maximum absolute atomic E-state index is 13.0. The molecule has 96 valence electrons. The lowest BCUT2D eigenvalue weighted by atomic mass is 10.2. The van der Waals surface area contributed by atoms with Crippen LogP contribution in [-0.4, -0.2) is 5.91 Å². The second kappa shape index (κ2) is 5.08. The van der Waals surface area contributed by atoms with Gasteiger partial charge in [0.2, 0.25) is 0 Å². The number of hydrogen-bond acceptors (Lipinski definition) is 4. The largest absolute Gasteiger partial charge is 0.398 e. The third kappa shape index (κ3) is 2.72. The average molecular weight is 275 g/mol. The summed E-state index contributed by atoms with van der Waals surface area (Å²) in [5, 5.41) is 11.5. The highest BCUT2D eigenvalue weighted by molar-refractivity contribution is 7.14. The molecular formula is C13H10FN3OS. The summed E-state index contributed by atoms with van der Waals surface area (Å²) in [6.07, 6.45) is 0. The number of halogens is 1. The van der Waals surface area contributed by atoms with Crippen LogP contribution in [0.4, 0.5) is 15.8 Å². The lowest BCUT2D eigenvalue weighted by Gasteiger charge is -2.05. The van der Waals surface area contributed by atoms with Crippen LogP contribution < -0.4 is 11.1 Å². The van der Waals surface area contributed by atoms with E-state index in [4.69, 9.17) is 11.0 Å². The molecule has 0 aliphatic rings. The Hall–Kier alpha value is -2.39. The van der Waals surface area contributed by atoms with E-state index in [-0.39, 0.29) is 17.2 Å². The van der Waals surface area contributed by atoms with Crippen molar-refractivity contribution in [3.05, 3.63) is 45.4 Å². The Balaban J connectivity index is 2.27. The topological polar surface area (TPSA) is 78.9 Å². The summed E-state index contributed by atoms with van der Waals surface area (Å²) in [5.41, 5.74) is 6.58. The van der Waals surface area contributed by atoms with Gasteiger partial charge in [0.25, 0.3) is 5.91 Å². The zero-order chi connectivity index (χ0) is 14.0. The predicted octanol–water partition coefficient (Wildman–Crippen LogP) is 2.90. The third-order valence-electron chi connectivity index (χ3n) is 2.53. The van der Waals surface area contributed by atoms with E-state index >= 15 is 0 Å². The Morgan fingerprint density at radius 3 is 2.79 bits per heavy atom. The first-order chi connectivity index (χ1) is 9.01. The zero-order valence-electron chi connectivity index (χ0n) is 10.0. The van der Waals surface area contributed by atoms with Gasteiger partial charge in [-0.05, 0) is 31.2 Å². The fourth-order valence-corrected chi connectivity index (χ4v) is 2.35. The van der Waals surface area contributed by atoms with E-state index < -0.39 is 5.82 Å². The lowest BCUT2D eigenvalue weighted by Crippen LogP contribution is -2.11. The summed E-state index contributed by atoms with van der Waals surface area (Å²) < 4.78 is 13.0. The van der Waals surface area contributed by atoms with Crippen molar-refractivity contribution in [1.82, 2.24) is 0 Å². The molecule has 1 aromatic heterocycles. The van der Waals surface area contributed by atoms with Crippen LogP contribution in [0.15, 0.2) is 24.3 Å². The number of nitriles is 1. The quantitative estimate of drug-likeness (QED) is 0.884. The van der Waals surface area contributed by atoms with Gasteiger partial charge in [0.15, 0.2) is 0 Å². The first-order valence-electron chi connectivity index (χ1n) is 5.38. The van der Waals surface area contributed by atoms with Gasteiger partial charge in [-0.1, -0.05) is 0 Å². The molecule has 0 bridgehead atoms. The van der Waals surface area contributed by atoms with Crippen LogP contribution in [-0.2, 0) is 0 Å². The van der Waals surface area contributed by atoms with Gasteiger partial charge < -0.3 is 11.1 Å². The number of carbonyl (C=O) groups is 1. The molecule has 3 N–H and O–H groups in total. The molecule has 0 atom stereocenters. The van der Waals surface area contributed by atoms with Crippen LogP contribution in [0.3, 0.4) is 0 Å². The zero-order valence-corrected chi connectivity index (χ0v) is 10.8. The van der Waals surface area contributed by atoms with Crippen molar-refractivity contribution in [2.75, 3.05) is 11.1 Å².